The summed E-state index contributed by atoms with van der Waals surface area (Å²) >= 11 is 0. The fourth-order valence-corrected chi connectivity index (χ4v) is 2.39. The van der Waals surface area contributed by atoms with Crippen molar-refractivity contribution in [2.75, 3.05) is 13.6 Å². The van der Waals surface area contributed by atoms with Crippen molar-refractivity contribution < 1.29 is 17.9 Å². The molecule has 2 rings (SSSR count). The quantitative estimate of drug-likeness (QED) is 0.570. The largest absolute Gasteiger partial charge is 0.489 e. The number of nitrogens with zero attached hydrogens (tertiary/aromatic N) is 3. The highest BCUT2D eigenvalue weighted by atomic mass is 19.4. The maximum atomic E-state index is 12.8. The van der Waals surface area contributed by atoms with Gasteiger partial charge in [0.25, 0.3) is 0 Å². The van der Waals surface area contributed by atoms with Crippen molar-refractivity contribution in [3.05, 3.63) is 47.8 Å². The lowest BCUT2D eigenvalue weighted by Gasteiger charge is -2.20. The number of halogens is 3. The van der Waals surface area contributed by atoms with E-state index in [1.54, 1.807) is 17.9 Å². The second-order valence-corrected chi connectivity index (χ2v) is 5.93. The molecule has 2 N–H and O–H groups in total. The fourth-order valence-electron chi connectivity index (χ4n) is 2.39. The van der Waals surface area contributed by atoms with Crippen LogP contribution >= 0.6 is 0 Å². The van der Waals surface area contributed by atoms with Gasteiger partial charge < -0.3 is 15.4 Å². The zero-order chi connectivity index (χ0) is 19.9. The van der Waals surface area contributed by atoms with Gasteiger partial charge in [-0.25, -0.2) is 0 Å². The van der Waals surface area contributed by atoms with Crippen molar-refractivity contribution in [2.24, 2.45) is 12.0 Å². The summed E-state index contributed by atoms with van der Waals surface area (Å²) < 4.78 is 45.9. The lowest BCUT2D eigenvalue weighted by atomic mass is 10.2. The lowest BCUT2D eigenvalue weighted by molar-refractivity contribution is -0.137. The minimum atomic E-state index is -4.39. The minimum absolute atomic E-state index is 0.191. The third kappa shape index (κ3) is 6.19. The molecule has 1 atom stereocenters. The third-order valence-corrected chi connectivity index (χ3v) is 4.00. The highest BCUT2D eigenvalue weighted by molar-refractivity contribution is 5.79. The van der Waals surface area contributed by atoms with Gasteiger partial charge in [-0.2, -0.15) is 18.3 Å². The smallest absolute Gasteiger partial charge is 0.416 e. The second kappa shape index (κ2) is 9.29. The van der Waals surface area contributed by atoms with E-state index in [2.05, 4.69) is 20.7 Å². The Morgan fingerprint density at radius 2 is 2.07 bits per heavy atom. The van der Waals surface area contributed by atoms with E-state index in [-0.39, 0.29) is 11.9 Å². The first-order chi connectivity index (χ1) is 12.8. The van der Waals surface area contributed by atoms with Crippen LogP contribution in [0.15, 0.2) is 41.5 Å². The Morgan fingerprint density at radius 3 is 2.67 bits per heavy atom. The molecule has 148 valence electrons. The molecule has 27 heavy (non-hydrogen) atoms. The number of ether oxygens (including phenoxy) is 1. The number of hydrogen-bond donors (Lipinski definition) is 2. The van der Waals surface area contributed by atoms with Gasteiger partial charge in [-0.15, -0.1) is 0 Å². The molecule has 0 spiro atoms. The van der Waals surface area contributed by atoms with Crippen LogP contribution in [0.4, 0.5) is 13.2 Å². The topological polar surface area (TPSA) is 63.5 Å². The van der Waals surface area contributed by atoms with E-state index in [9.17, 15) is 13.2 Å². The van der Waals surface area contributed by atoms with Gasteiger partial charge in [0.15, 0.2) is 5.96 Å². The number of hydrogen-bond acceptors (Lipinski definition) is 3. The highest BCUT2D eigenvalue weighted by Gasteiger charge is 2.30. The average Bonchev–Trinajstić information content (AvgIpc) is 3.05. The van der Waals surface area contributed by atoms with Gasteiger partial charge in [0.2, 0.25) is 0 Å². The van der Waals surface area contributed by atoms with Gasteiger partial charge in [-0.1, -0.05) is 13.0 Å². The number of guanidine groups is 1. The molecule has 1 aromatic carbocycles. The molecule has 0 radical (unpaired) electrons. The van der Waals surface area contributed by atoms with Gasteiger partial charge in [0.1, 0.15) is 11.9 Å². The van der Waals surface area contributed by atoms with Crippen LogP contribution in [-0.4, -0.2) is 35.4 Å². The summed E-state index contributed by atoms with van der Waals surface area (Å²) in [6.45, 7) is 2.85. The standard InChI is InChI=1S/C18H24F3N5O/c1-4-15(27-16-7-5-6-13(10-16)18(19,20)21)12-24-17(22-2)23-11-14-8-9-25-26(14)3/h5-10,15H,4,11-12H2,1-3H3,(H2,22,23,24). The van der Waals surface area contributed by atoms with Crippen LogP contribution in [0.1, 0.15) is 24.6 Å². The first kappa shape index (κ1) is 20.6. The Morgan fingerprint density at radius 1 is 1.30 bits per heavy atom. The maximum absolute atomic E-state index is 12.8. The van der Waals surface area contributed by atoms with Crippen LogP contribution in [0.5, 0.6) is 5.75 Å². The summed E-state index contributed by atoms with van der Waals surface area (Å²) in [5, 5.41) is 10.4. The summed E-state index contributed by atoms with van der Waals surface area (Å²) in [5.41, 5.74) is 0.265. The number of alkyl halides is 3. The van der Waals surface area contributed by atoms with Crippen LogP contribution in [0.25, 0.3) is 0 Å². The Kier molecular flexibility index (Phi) is 7.09. The number of aromatic nitrogens is 2. The third-order valence-electron chi connectivity index (χ3n) is 4.00. The van der Waals surface area contributed by atoms with E-state index < -0.39 is 11.7 Å². The molecule has 1 heterocycles. The van der Waals surface area contributed by atoms with Gasteiger partial charge in [-0.3, -0.25) is 9.67 Å². The maximum Gasteiger partial charge on any atom is 0.416 e. The van der Waals surface area contributed by atoms with Crippen molar-refractivity contribution in [3.8, 4) is 5.75 Å². The van der Waals surface area contributed by atoms with E-state index >= 15 is 0 Å². The molecular formula is C18H24F3N5O. The summed E-state index contributed by atoms with van der Waals surface area (Å²) in [7, 11) is 3.50. The van der Waals surface area contributed by atoms with Gasteiger partial charge in [0.05, 0.1) is 24.3 Å². The predicted octanol–water partition coefficient (Wildman–Crippen LogP) is 2.96. The van der Waals surface area contributed by atoms with E-state index in [4.69, 9.17) is 4.74 Å². The van der Waals surface area contributed by atoms with E-state index in [0.717, 1.165) is 17.8 Å². The molecule has 0 aliphatic heterocycles. The normalized spacial score (nSPS) is 13.3. The zero-order valence-electron chi connectivity index (χ0n) is 15.5. The van der Waals surface area contributed by atoms with E-state index in [0.29, 0.717) is 25.5 Å². The summed E-state index contributed by atoms with van der Waals surface area (Å²) in [5.74, 6) is 0.763. The van der Waals surface area contributed by atoms with Crippen molar-refractivity contribution in [1.29, 1.82) is 0 Å². The Labute approximate surface area is 156 Å². The van der Waals surface area contributed by atoms with Crippen LogP contribution < -0.4 is 15.4 Å². The summed E-state index contributed by atoms with van der Waals surface area (Å²) in [4.78, 5) is 4.14. The molecule has 0 fully saturated rings. The van der Waals surface area contributed by atoms with Crippen LogP contribution in [0, 0.1) is 0 Å². The van der Waals surface area contributed by atoms with E-state index in [1.165, 1.54) is 12.1 Å². The minimum Gasteiger partial charge on any atom is -0.489 e. The molecule has 2 aromatic rings. The fraction of sp³-hybridized carbons (Fsp3) is 0.444. The molecule has 6 nitrogen and oxygen atoms in total. The summed E-state index contributed by atoms with van der Waals surface area (Å²) in [6.07, 6.45) is -2.36. The second-order valence-electron chi connectivity index (χ2n) is 5.93. The molecule has 0 aliphatic carbocycles. The predicted molar refractivity (Wildman–Crippen MR) is 97.6 cm³/mol. The van der Waals surface area contributed by atoms with Crippen molar-refractivity contribution in [3.63, 3.8) is 0 Å². The van der Waals surface area contributed by atoms with Crippen molar-refractivity contribution >= 4 is 5.96 Å². The molecule has 0 aliphatic rings. The molecule has 0 amide bonds. The average molecular weight is 383 g/mol. The van der Waals surface area contributed by atoms with Crippen LogP contribution in [0.3, 0.4) is 0 Å². The molecule has 1 unspecified atom stereocenters. The lowest BCUT2D eigenvalue weighted by Crippen LogP contribution is -2.42. The molecule has 0 saturated heterocycles. The Bertz CT molecular complexity index is 757. The Hall–Kier alpha value is -2.71. The van der Waals surface area contributed by atoms with Gasteiger partial charge >= 0.3 is 6.18 Å². The number of aryl methyl sites for hydroxylation is 1. The number of rotatable bonds is 7. The first-order valence-electron chi connectivity index (χ1n) is 8.58. The monoisotopic (exact) mass is 383 g/mol. The Balaban J connectivity index is 1.89. The van der Waals surface area contributed by atoms with Crippen molar-refractivity contribution in [1.82, 2.24) is 20.4 Å². The number of benzene rings is 1. The number of aliphatic imine (C=N–C) groups is 1. The molecular weight excluding hydrogens is 359 g/mol. The van der Waals surface area contributed by atoms with Gasteiger partial charge in [0, 0.05) is 20.3 Å². The molecule has 0 bridgehead atoms. The number of nitrogens with one attached hydrogen (secondary N) is 2. The van der Waals surface area contributed by atoms with Crippen LogP contribution in [-0.2, 0) is 19.8 Å². The van der Waals surface area contributed by atoms with Crippen molar-refractivity contribution in [2.45, 2.75) is 32.2 Å². The molecule has 0 saturated carbocycles. The molecule has 9 heteroatoms. The van der Waals surface area contributed by atoms with E-state index in [1.807, 2.05) is 20.0 Å². The zero-order valence-corrected chi connectivity index (χ0v) is 15.5. The van der Waals surface area contributed by atoms with Crippen LogP contribution in [0.2, 0.25) is 0 Å². The SMILES string of the molecule is CCC(CNC(=NC)NCc1ccnn1C)Oc1cccc(C(F)(F)F)c1. The summed E-state index contributed by atoms with van der Waals surface area (Å²) in [6, 6.07) is 6.79. The molecule has 1 aromatic heterocycles. The first-order valence-corrected chi connectivity index (χ1v) is 8.58. The van der Waals surface area contributed by atoms with Gasteiger partial charge in [-0.05, 0) is 30.7 Å². The highest BCUT2D eigenvalue weighted by Crippen LogP contribution is 2.31.